The van der Waals surface area contributed by atoms with Crippen LogP contribution in [0, 0.1) is 0 Å². The molecule has 1 atom stereocenters. The minimum atomic E-state index is -3.32. The van der Waals surface area contributed by atoms with Crippen molar-refractivity contribution in [2.24, 2.45) is 0 Å². The van der Waals surface area contributed by atoms with Crippen molar-refractivity contribution in [2.45, 2.75) is 57.4 Å². The Morgan fingerprint density at radius 2 is 1.74 bits per heavy atom. The predicted molar refractivity (Wildman–Crippen MR) is 116 cm³/mol. The maximum atomic E-state index is 12.6. The van der Waals surface area contributed by atoms with Crippen LogP contribution in [0.2, 0.25) is 0 Å². The number of hydrogen-bond acceptors (Lipinski definition) is 6. The first-order valence-electron chi connectivity index (χ1n) is 11.1. The summed E-state index contributed by atoms with van der Waals surface area (Å²) in [5.74, 6) is 1.26. The van der Waals surface area contributed by atoms with Crippen LogP contribution in [0.4, 0.5) is 0 Å². The zero-order valence-electron chi connectivity index (χ0n) is 17.9. The lowest BCUT2D eigenvalue weighted by atomic mass is 9.96. The minimum Gasteiger partial charge on any atom is -0.423 e. The number of piperidine rings is 2. The van der Waals surface area contributed by atoms with Crippen LogP contribution in [0.5, 0.6) is 0 Å². The summed E-state index contributed by atoms with van der Waals surface area (Å²) in [6.45, 7) is 3.48. The number of rotatable bonds is 6. The summed E-state index contributed by atoms with van der Waals surface area (Å²) in [4.78, 5) is 14.5. The molecule has 9 heteroatoms. The Bertz CT molecular complexity index is 984. The zero-order chi connectivity index (χ0) is 21.8. The van der Waals surface area contributed by atoms with Crippen LogP contribution in [0.3, 0.4) is 0 Å². The van der Waals surface area contributed by atoms with Crippen molar-refractivity contribution < 1.29 is 17.6 Å². The van der Waals surface area contributed by atoms with Gasteiger partial charge >= 0.3 is 0 Å². The SMILES string of the molecule is CCS(=O)(=O)N1CCCC[C@@H]1c1nnc(C2CCN(C(=O)Cc3ccccc3)CC2)o1. The van der Waals surface area contributed by atoms with Gasteiger partial charge in [0.1, 0.15) is 6.04 Å². The molecule has 2 aliphatic rings. The van der Waals surface area contributed by atoms with E-state index < -0.39 is 10.0 Å². The summed E-state index contributed by atoms with van der Waals surface area (Å²) < 4.78 is 32.5. The number of carbonyl (C=O) groups excluding carboxylic acids is 1. The van der Waals surface area contributed by atoms with E-state index in [1.165, 1.54) is 4.31 Å². The summed E-state index contributed by atoms with van der Waals surface area (Å²) in [5.41, 5.74) is 1.02. The van der Waals surface area contributed by atoms with Gasteiger partial charge in [0.05, 0.1) is 12.2 Å². The molecule has 1 aromatic carbocycles. The van der Waals surface area contributed by atoms with Gasteiger partial charge < -0.3 is 9.32 Å². The predicted octanol–water partition coefficient (Wildman–Crippen LogP) is 2.90. The molecule has 0 saturated carbocycles. The topological polar surface area (TPSA) is 96.6 Å². The third kappa shape index (κ3) is 4.98. The highest BCUT2D eigenvalue weighted by Gasteiger charge is 2.36. The molecule has 3 heterocycles. The second-order valence-corrected chi connectivity index (χ2v) is 10.5. The second kappa shape index (κ2) is 9.48. The maximum Gasteiger partial charge on any atom is 0.234 e. The monoisotopic (exact) mass is 446 g/mol. The molecular formula is C22H30N4O4S. The van der Waals surface area contributed by atoms with Crippen LogP contribution in [0.25, 0.3) is 0 Å². The Morgan fingerprint density at radius 1 is 1.03 bits per heavy atom. The van der Waals surface area contributed by atoms with E-state index in [1.807, 2.05) is 35.2 Å². The molecular weight excluding hydrogens is 416 g/mol. The van der Waals surface area contributed by atoms with Crippen molar-refractivity contribution in [3.63, 3.8) is 0 Å². The van der Waals surface area contributed by atoms with Gasteiger partial charge in [0.15, 0.2) is 0 Å². The number of benzene rings is 1. The van der Waals surface area contributed by atoms with Crippen LogP contribution in [-0.2, 0) is 21.2 Å². The van der Waals surface area contributed by atoms with Crippen molar-refractivity contribution in [3.05, 3.63) is 47.7 Å². The summed E-state index contributed by atoms with van der Waals surface area (Å²) in [6.07, 6.45) is 4.45. The third-order valence-electron chi connectivity index (χ3n) is 6.31. The van der Waals surface area contributed by atoms with E-state index in [0.717, 1.165) is 31.2 Å². The normalized spacial score (nSPS) is 21.3. The second-order valence-electron chi connectivity index (χ2n) is 8.32. The number of aromatic nitrogens is 2. The van der Waals surface area contributed by atoms with Gasteiger partial charge in [-0.2, -0.15) is 4.31 Å². The third-order valence-corrected chi connectivity index (χ3v) is 8.19. The highest BCUT2D eigenvalue weighted by Crippen LogP contribution is 2.35. The Labute approximate surface area is 183 Å². The molecule has 0 bridgehead atoms. The highest BCUT2D eigenvalue weighted by atomic mass is 32.2. The Hall–Kier alpha value is -2.26. The first-order valence-corrected chi connectivity index (χ1v) is 12.7. The maximum absolute atomic E-state index is 12.6. The van der Waals surface area contributed by atoms with E-state index in [2.05, 4.69) is 10.2 Å². The van der Waals surface area contributed by atoms with E-state index in [1.54, 1.807) is 6.92 Å². The van der Waals surface area contributed by atoms with Gasteiger partial charge in [0.25, 0.3) is 0 Å². The van der Waals surface area contributed by atoms with Gasteiger partial charge in [-0.15, -0.1) is 10.2 Å². The van der Waals surface area contributed by atoms with Crippen molar-refractivity contribution in [1.82, 2.24) is 19.4 Å². The average Bonchev–Trinajstić information content (AvgIpc) is 3.30. The van der Waals surface area contributed by atoms with Crippen LogP contribution in [0.15, 0.2) is 34.7 Å². The first kappa shape index (κ1) is 22.0. The number of sulfonamides is 1. The lowest BCUT2D eigenvalue weighted by molar-refractivity contribution is -0.131. The van der Waals surface area contributed by atoms with Gasteiger partial charge in [-0.25, -0.2) is 8.42 Å². The smallest absolute Gasteiger partial charge is 0.234 e. The van der Waals surface area contributed by atoms with Crippen LogP contribution in [0.1, 0.15) is 68.3 Å². The molecule has 8 nitrogen and oxygen atoms in total. The fourth-order valence-electron chi connectivity index (χ4n) is 4.45. The molecule has 0 radical (unpaired) electrons. The van der Waals surface area contributed by atoms with Crippen molar-refractivity contribution >= 4 is 15.9 Å². The van der Waals surface area contributed by atoms with Crippen molar-refractivity contribution in [2.75, 3.05) is 25.4 Å². The number of hydrogen-bond donors (Lipinski definition) is 0. The lowest BCUT2D eigenvalue weighted by Gasteiger charge is -2.32. The van der Waals surface area contributed by atoms with E-state index in [9.17, 15) is 13.2 Å². The van der Waals surface area contributed by atoms with Gasteiger partial charge in [-0.1, -0.05) is 36.8 Å². The molecule has 2 saturated heterocycles. The largest absolute Gasteiger partial charge is 0.423 e. The molecule has 4 rings (SSSR count). The van der Waals surface area contributed by atoms with Gasteiger partial charge in [0, 0.05) is 25.6 Å². The van der Waals surface area contributed by atoms with E-state index in [0.29, 0.717) is 44.3 Å². The summed E-state index contributed by atoms with van der Waals surface area (Å²) in [5, 5.41) is 8.47. The molecule has 0 unspecified atom stereocenters. The summed E-state index contributed by atoms with van der Waals surface area (Å²) in [7, 11) is -3.32. The van der Waals surface area contributed by atoms with Gasteiger partial charge in [-0.3, -0.25) is 4.79 Å². The van der Waals surface area contributed by atoms with Crippen LogP contribution in [-0.4, -0.2) is 59.1 Å². The number of likely N-dealkylation sites (tertiary alicyclic amines) is 1. The fourth-order valence-corrected chi connectivity index (χ4v) is 5.78. The molecule has 1 amide bonds. The van der Waals surface area contributed by atoms with Gasteiger partial charge in [0.2, 0.25) is 27.7 Å². The fraction of sp³-hybridized carbons (Fsp3) is 0.591. The van der Waals surface area contributed by atoms with Crippen molar-refractivity contribution in [1.29, 1.82) is 0 Å². The molecule has 0 N–H and O–H groups in total. The van der Waals surface area contributed by atoms with Crippen LogP contribution < -0.4 is 0 Å². The molecule has 168 valence electrons. The lowest BCUT2D eigenvalue weighted by Crippen LogP contribution is -2.39. The van der Waals surface area contributed by atoms with E-state index in [-0.39, 0.29) is 23.6 Å². The quantitative estimate of drug-likeness (QED) is 0.677. The minimum absolute atomic E-state index is 0.0694. The van der Waals surface area contributed by atoms with E-state index >= 15 is 0 Å². The number of nitrogens with zero attached hydrogens (tertiary/aromatic N) is 4. The Kier molecular flexibility index (Phi) is 6.71. The Balaban J connectivity index is 1.37. The van der Waals surface area contributed by atoms with E-state index in [4.69, 9.17) is 4.42 Å². The molecule has 0 spiro atoms. The van der Waals surface area contributed by atoms with Crippen molar-refractivity contribution in [3.8, 4) is 0 Å². The summed E-state index contributed by atoms with van der Waals surface area (Å²) >= 11 is 0. The molecule has 1 aromatic heterocycles. The molecule has 31 heavy (non-hydrogen) atoms. The molecule has 2 aliphatic heterocycles. The molecule has 0 aliphatic carbocycles. The number of carbonyl (C=O) groups is 1. The number of amides is 1. The zero-order valence-corrected chi connectivity index (χ0v) is 18.8. The first-order chi connectivity index (χ1) is 15.0. The van der Waals surface area contributed by atoms with Gasteiger partial charge in [-0.05, 0) is 38.2 Å². The molecule has 2 aromatic rings. The highest BCUT2D eigenvalue weighted by molar-refractivity contribution is 7.89. The standard InChI is InChI=1S/C22H30N4O4S/c1-2-31(28,29)26-13-7-6-10-19(26)22-24-23-21(30-22)18-11-14-25(15-12-18)20(27)16-17-8-4-3-5-9-17/h3-5,8-9,18-19H,2,6-7,10-16H2,1H3/t19-/m1/s1. The molecule has 2 fully saturated rings. The Morgan fingerprint density at radius 3 is 2.45 bits per heavy atom. The summed E-state index contributed by atoms with van der Waals surface area (Å²) in [6, 6.07) is 9.41. The van der Waals surface area contributed by atoms with Crippen LogP contribution >= 0.6 is 0 Å². The average molecular weight is 447 g/mol.